The van der Waals surface area contributed by atoms with Crippen molar-refractivity contribution in [2.24, 2.45) is 0 Å². The molecule has 0 atom stereocenters. The number of anilines is 3. The van der Waals surface area contributed by atoms with Gasteiger partial charge in [0.15, 0.2) is 11.4 Å². The van der Waals surface area contributed by atoms with Gasteiger partial charge >= 0.3 is 6.09 Å². The van der Waals surface area contributed by atoms with Crippen LogP contribution in [0.15, 0.2) is 120 Å². The van der Waals surface area contributed by atoms with Crippen molar-refractivity contribution in [2.75, 3.05) is 17.1 Å². The number of hydrogen-bond acceptors (Lipinski definition) is 7. The lowest BCUT2D eigenvalue weighted by molar-refractivity contribution is 0.0285. The molecule has 0 unspecified atom stereocenters. The molecule has 6 aromatic rings. The van der Waals surface area contributed by atoms with Crippen molar-refractivity contribution >= 4 is 51.1 Å². The third-order valence-electron chi connectivity index (χ3n) is 7.11. The van der Waals surface area contributed by atoms with E-state index >= 15 is 0 Å². The van der Waals surface area contributed by atoms with Crippen LogP contribution < -0.4 is 10.0 Å². The summed E-state index contributed by atoms with van der Waals surface area (Å²) in [7, 11) is 1.68. The molecule has 45 heavy (non-hydrogen) atoms. The minimum absolute atomic E-state index is 0.292. The molecule has 0 aliphatic rings. The maximum Gasteiger partial charge on any atom is 0.410 e. The Bertz CT molecular complexity index is 1950. The molecule has 4 aromatic carbocycles. The third kappa shape index (κ3) is 6.19. The fourth-order valence-electron chi connectivity index (χ4n) is 5.09. The summed E-state index contributed by atoms with van der Waals surface area (Å²) in [6.45, 7) is 5.82. The Hall–Kier alpha value is -5.70. The summed E-state index contributed by atoms with van der Waals surface area (Å²) in [4.78, 5) is 37.2. The van der Waals surface area contributed by atoms with Gasteiger partial charge in [-0.3, -0.25) is 4.79 Å². The van der Waals surface area contributed by atoms with E-state index in [4.69, 9.17) is 9.15 Å². The number of fused-ring (bicyclic) bond motifs is 3. The minimum atomic E-state index is -0.592. The summed E-state index contributed by atoms with van der Waals surface area (Å²) in [5.74, 6) is 0.186. The first kappa shape index (κ1) is 29.4. The second-order valence-corrected chi connectivity index (χ2v) is 11.6. The average molecular weight is 600 g/mol. The molecule has 0 fully saturated rings. The van der Waals surface area contributed by atoms with Gasteiger partial charge in [-0.15, -0.1) is 0 Å². The van der Waals surface area contributed by atoms with E-state index in [0.29, 0.717) is 34.9 Å². The van der Waals surface area contributed by atoms with Gasteiger partial charge in [-0.05, 0) is 62.7 Å². The van der Waals surface area contributed by atoms with E-state index in [0.717, 1.165) is 21.9 Å². The zero-order valence-electron chi connectivity index (χ0n) is 25.5. The van der Waals surface area contributed by atoms with Crippen molar-refractivity contribution in [3.05, 3.63) is 127 Å². The van der Waals surface area contributed by atoms with E-state index in [9.17, 15) is 9.59 Å². The van der Waals surface area contributed by atoms with E-state index in [1.54, 1.807) is 41.5 Å². The van der Waals surface area contributed by atoms with Gasteiger partial charge < -0.3 is 14.1 Å². The molecule has 0 spiro atoms. The van der Waals surface area contributed by atoms with Gasteiger partial charge in [0, 0.05) is 42.2 Å². The van der Waals surface area contributed by atoms with Crippen LogP contribution in [0.2, 0.25) is 0 Å². The summed E-state index contributed by atoms with van der Waals surface area (Å²) in [5.41, 5.74) is 3.33. The molecule has 0 radical (unpaired) electrons. The van der Waals surface area contributed by atoms with Crippen LogP contribution in [-0.2, 0) is 11.3 Å². The number of ether oxygens (including phenoxy) is 1. The summed E-state index contributed by atoms with van der Waals surface area (Å²) in [6.07, 6.45) is 2.67. The number of para-hydroxylation sites is 3. The van der Waals surface area contributed by atoms with E-state index < -0.39 is 11.7 Å². The molecule has 0 N–H and O–H groups in total. The largest absolute Gasteiger partial charge is 0.454 e. The first-order valence-corrected chi connectivity index (χ1v) is 14.6. The first-order valence-electron chi connectivity index (χ1n) is 14.6. The van der Waals surface area contributed by atoms with E-state index in [2.05, 4.69) is 9.97 Å². The second-order valence-electron chi connectivity index (χ2n) is 11.6. The van der Waals surface area contributed by atoms with Gasteiger partial charge in [0.1, 0.15) is 23.2 Å². The van der Waals surface area contributed by atoms with Crippen LogP contribution in [0.1, 0.15) is 36.7 Å². The molecule has 0 aliphatic heterocycles. The summed E-state index contributed by atoms with van der Waals surface area (Å²) in [5, 5.41) is 5.24. The van der Waals surface area contributed by atoms with Gasteiger partial charge in [0.2, 0.25) is 0 Å². The lowest BCUT2D eigenvalue weighted by Crippen LogP contribution is -2.45. The zero-order chi connectivity index (χ0) is 31.6. The molecular formula is C36H33N5O4. The highest BCUT2D eigenvalue weighted by Gasteiger charge is 2.30. The first-order chi connectivity index (χ1) is 21.7. The van der Waals surface area contributed by atoms with Crippen molar-refractivity contribution in [3.8, 4) is 0 Å². The lowest BCUT2D eigenvalue weighted by atomic mass is 10.1. The number of aromatic nitrogens is 2. The van der Waals surface area contributed by atoms with Crippen LogP contribution in [0.4, 0.5) is 22.0 Å². The number of hydrazine groups is 1. The van der Waals surface area contributed by atoms with Gasteiger partial charge in [-0.25, -0.2) is 24.8 Å². The Morgan fingerprint density at radius 3 is 2.24 bits per heavy atom. The molecule has 226 valence electrons. The third-order valence-corrected chi connectivity index (χ3v) is 7.11. The highest BCUT2D eigenvalue weighted by Crippen LogP contribution is 2.39. The number of carbonyl (C=O) groups is 2. The minimum Gasteiger partial charge on any atom is -0.454 e. The van der Waals surface area contributed by atoms with Gasteiger partial charge in [-0.1, -0.05) is 60.7 Å². The summed E-state index contributed by atoms with van der Waals surface area (Å²) in [6, 6.07) is 32.1. The molecule has 0 aliphatic carbocycles. The number of benzene rings is 4. The molecular weight excluding hydrogens is 566 g/mol. The predicted octanol–water partition coefficient (Wildman–Crippen LogP) is 8.14. The number of amides is 2. The quantitative estimate of drug-likeness (QED) is 0.171. The molecule has 9 nitrogen and oxygen atoms in total. The molecule has 6 rings (SSSR count). The van der Waals surface area contributed by atoms with E-state index in [1.165, 1.54) is 11.2 Å². The van der Waals surface area contributed by atoms with E-state index in [1.807, 2.05) is 106 Å². The fourth-order valence-corrected chi connectivity index (χ4v) is 5.09. The molecule has 2 heterocycles. The molecule has 0 saturated heterocycles. The molecule has 2 amide bonds. The molecule has 0 saturated carbocycles. The normalized spacial score (nSPS) is 11.4. The maximum absolute atomic E-state index is 14.6. The van der Waals surface area contributed by atoms with Crippen molar-refractivity contribution < 1.29 is 18.7 Å². The Morgan fingerprint density at radius 1 is 0.822 bits per heavy atom. The predicted molar refractivity (Wildman–Crippen MR) is 175 cm³/mol. The highest BCUT2D eigenvalue weighted by molar-refractivity contribution is 6.13. The van der Waals surface area contributed by atoms with E-state index in [-0.39, 0.29) is 5.91 Å². The van der Waals surface area contributed by atoms with Crippen molar-refractivity contribution in [2.45, 2.75) is 32.9 Å². The Morgan fingerprint density at radius 2 is 1.53 bits per heavy atom. The van der Waals surface area contributed by atoms with Crippen molar-refractivity contribution in [1.29, 1.82) is 0 Å². The number of furan rings is 1. The van der Waals surface area contributed by atoms with Crippen LogP contribution in [0.3, 0.4) is 0 Å². The lowest BCUT2D eigenvalue weighted by Gasteiger charge is -2.35. The topological polar surface area (TPSA) is 92.0 Å². The highest BCUT2D eigenvalue weighted by atomic mass is 16.6. The number of rotatable bonds is 7. The summed E-state index contributed by atoms with van der Waals surface area (Å²) < 4.78 is 11.9. The van der Waals surface area contributed by atoms with Crippen LogP contribution in [0.5, 0.6) is 0 Å². The van der Waals surface area contributed by atoms with Gasteiger partial charge in [0.05, 0.1) is 5.69 Å². The smallest absolute Gasteiger partial charge is 0.410 e. The van der Waals surface area contributed by atoms with Gasteiger partial charge in [0.25, 0.3) is 5.91 Å². The van der Waals surface area contributed by atoms with Crippen molar-refractivity contribution in [1.82, 2.24) is 14.9 Å². The maximum atomic E-state index is 14.6. The summed E-state index contributed by atoms with van der Waals surface area (Å²) >= 11 is 0. The Balaban J connectivity index is 1.42. The molecule has 2 aromatic heterocycles. The number of nitrogens with zero attached hydrogens (tertiary/aromatic N) is 5. The second kappa shape index (κ2) is 12.1. The Labute approximate surface area is 261 Å². The van der Waals surface area contributed by atoms with Crippen LogP contribution in [0, 0.1) is 0 Å². The molecule has 9 heteroatoms. The number of hydrogen-bond donors (Lipinski definition) is 0. The monoisotopic (exact) mass is 599 g/mol. The Kier molecular flexibility index (Phi) is 7.91. The van der Waals surface area contributed by atoms with Crippen LogP contribution in [0.25, 0.3) is 21.9 Å². The standard InChI is InChI=1S/C36H33N5O4/c1-36(2,3)45-35(43)39(4)23-25-17-19-26(20-18-25)34(42)40(27-11-6-5-7-12-27)41(32-21-22-37-24-38-32)30-15-10-14-29-28-13-8-9-16-31(28)44-33(29)30/h5-22,24H,23H2,1-4H3. The van der Waals surface area contributed by atoms with Crippen molar-refractivity contribution in [3.63, 3.8) is 0 Å². The van der Waals surface area contributed by atoms with Crippen LogP contribution >= 0.6 is 0 Å². The fraction of sp³-hybridized carbons (Fsp3) is 0.167. The average Bonchev–Trinajstić information content (AvgIpc) is 3.43. The van der Waals surface area contributed by atoms with Gasteiger partial charge in [-0.2, -0.15) is 0 Å². The van der Waals surface area contributed by atoms with Crippen LogP contribution in [-0.4, -0.2) is 39.5 Å². The SMILES string of the molecule is CN(Cc1ccc(C(=O)N(c2ccccc2)N(c2ccncn2)c2cccc3c2oc2ccccc23)cc1)C(=O)OC(C)(C)C. The zero-order valence-corrected chi connectivity index (χ0v) is 25.5. The molecule has 0 bridgehead atoms. The number of carbonyl (C=O) groups excluding carboxylic acids is 2.